The molecule has 0 aliphatic rings. The van der Waals surface area contributed by atoms with E-state index in [0.29, 0.717) is 5.02 Å². The lowest BCUT2D eigenvalue weighted by Crippen LogP contribution is -2.42. The third-order valence-corrected chi connectivity index (χ3v) is 3.91. The molecule has 2 unspecified atom stereocenters. The number of nitrogens with one attached hydrogen (secondary N) is 1. The number of hydrogen-bond acceptors (Lipinski definition) is 3. The summed E-state index contributed by atoms with van der Waals surface area (Å²) < 4.78 is 7.65. The summed E-state index contributed by atoms with van der Waals surface area (Å²) in [7, 11) is 3.66. The van der Waals surface area contributed by atoms with E-state index in [2.05, 4.69) is 38.1 Å². The second-order valence-electron chi connectivity index (χ2n) is 5.01. The zero-order chi connectivity index (χ0) is 13.9. The highest BCUT2D eigenvalue weighted by Crippen LogP contribution is 2.36. The van der Waals surface area contributed by atoms with Gasteiger partial charge in [-0.05, 0) is 34.2 Å². The molecule has 18 heavy (non-hydrogen) atoms. The van der Waals surface area contributed by atoms with Crippen LogP contribution in [0.5, 0.6) is 0 Å². The normalized spacial score (nSPS) is 16.9. The van der Waals surface area contributed by atoms with Gasteiger partial charge in [-0.3, -0.25) is 4.68 Å². The Morgan fingerprint density at radius 3 is 2.56 bits per heavy atom. The Balaban J connectivity index is 3.28. The van der Waals surface area contributed by atoms with Crippen molar-refractivity contribution >= 4 is 11.6 Å². The van der Waals surface area contributed by atoms with Gasteiger partial charge in [-0.25, -0.2) is 0 Å². The van der Waals surface area contributed by atoms with Gasteiger partial charge in [0, 0.05) is 13.2 Å². The summed E-state index contributed by atoms with van der Waals surface area (Å²) in [4.78, 5) is 0. The van der Waals surface area contributed by atoms with Crippen LogP contribution in [-0.4, -0.2) is 29.5 Å². The lowest BCUT2D eigenvalue weighted by atomic mass is 9.90. The van der Waals surface area contributed by atoms with Gasteiger partial charge in [0.05, 0.1) is 28.6 Å². The smallest absolute Gasteiger partial charge is 0.0857 e. The van der Waals surface area contributed by atoms with E-state index in [4.69, 9.17) is 16.3 Å². The summed E-state index contributed by atoms with van der Waals surface area (Å²) in [6.07, 6.45) is 2.58. The minimum Gasteiger partial charge on any atom is -0.376 e. The topological polar surface area (TPSA) is 39.1 Å². The largest absolute Gasteiger partial charge is 0.376 e. The minimum atomic E-state index is -0.314. The maximum atomic E-state index is 6.30. The molecule has 0 spiro atoms. The summed E-state index contributed by atoms with van der Waals surface area (Å²) in [6, 6.07) is 0.270. The molecule has 0 saturated carbocycles. The molecule has 5 heteroatoms. The summed E-state index contributed by atoms with van der Waals surface area (Å²) in [5.41, 5.74) is 0.672. The Labute approximate surface area is 115 Å². The standard InChI is InChI=1S/C13H24ClN3O/c1-7-13(4,18-6)12(15-5)11-10(14)8-16-17(11)9(2)3/h8-9,12,15H,7H2,1-6H3. The van der Waals surface area contributed by atoms with Gasteiger partial charge in [0.2, 0.25) is 0 Å². The van der Waals surface area contributed by atoms with Gasteiger partial charge in [0.25, 0.3) is 0 Å². The zero-order valence-corrected chi connectivity index (χ0v) is 12.9. The fourth-order valence-corrected chi connectivity index (χ4v) is 2.47. The number of rotatable bonds is 6. The van der Waals surface area contributed by atoms with E-state index < -0.39 is 0 Å². The molecule has 1 heterocycles. The van der Waals surface area contributed by atoms with Crippen molar-refractivity contribution in [1.29, 1.82) is 0 Å². The first-order valence-corrected chi connectivity index (χ1v) is 6.74. The first-order valence-electron chi connectivity index (χ1n) is 6.36. The molecule has 1 aromatic heterocycles. The molecule has 0 aliphatic carbocycles. The molecule has 0 saturated heterocycles. The second-order valence-corrected chi connectivity index (χ2v) is 5.42. The van der Waals surface area contributed by atoms with Crippen LogP contribution in [0.2, 0.25) is 5.02 Å². The van der Waals surface area contributed by atoms with Crippen LogP contribution in [0.15, 0.2) is 6.20 Å². The third-order valence-electron chi connectivity index (χ3n) is 3.62. The summed E-state index contributed by atoms with van der Waals surface area (Å²) in [5.74, 6) is 0. The highest BCUT2D eigenvalue weighted by molar-refractivity contribution is 6.31. The van der Waals surface area contributed by atoms with Crippen molar-refractivity contribution in [1.82, 2.24) is 15.1 Å². The number of ether oxygens (including phenoxy) is 1. The van der Waals surface area contributed by atoms with Crippen LogP contribution in [0.4, 0.5) is 0 Å². The molecule has 0 amide bonds. The molecule has 0 fully saturated rings. The molecule has 0 aliphatic heterocycles. The molecule has 0 bridgehead atoms. The lowest BCUT2D eigenvalue weighted by molar-refractivity contribution is -0.0304. The van der Waals surface area contributed by atoms with Crippen LogP contribution in [0.1, 0.15) is 51.9 Å². The highest BCUT2D eigenvalue weighted by Gasteiger charge is 2.36. The van der Waals surface area contributed by atoms with Gasteiger partial charge in [-0.1, -0.05) is 18.5 Å². The fraction of sp³-hybridized carbons (Fsp3) is 0.769. The highest BCUT2D eigenvalue weighted by atomic mass is 35.5. The van der Waals surface area contributed by atoms with Crippen molar-refractivity contribution in [3.05, 3.63) is 16.9 Å². The van der Waals surface area contributed by atoms with Crippen LogP contribution in [-0.2, 0) is 4.74 Å². The lowest BCUT2D eigenvalue weighted by Gasteiger charge is -2.36. The number of halogens is 1. The van der Waals surface area contributed by atoms with Gasteiger partial charge in [-0.15, -0.1) is 0 Å². The van der Waals surface area contributed by atoms with Crippen molar-refractivity contribution < 1.29 is 4.74 Å². The van der Waals surface area contributed by atoms with Gasteiger partial charge in [0.15, 0.2) is 0 Å². The first kappa shape index (κ1) is 15.5. The zero-order valence-electron chi connectivity index (χ0n) is 12.1. The molecule has 1 aromatic rings. The van der Waals surface area contributed by atoms with E-state index >= 15 is 0 Å². The Bertz CT molecular complexity index is 386. The molecule has 2 atom stereocenters. The predicted molar refractivity (Wildman–Crippen MR) is 75.1 cm³/mol. The number of likely N-dealkylation sites (N-methyl/N-ethyl adjacent to an activating group) is 1. The Hall–Kier alpha value is -0.580. The summed E-state index contributed by atoms with van der Waals surface area (Å²) in [6.45, 7) is 8.38. The van der Waals surface area contributed by atoms with E-state index in [-0.39, 0.29) is 17.7 Å². The number of aromatic nitrogens is 2. The van der Waals surface area contributed by atoms with Crippen LogP contribution in [0.3, 0.4) is 0 Å². The van der Waals surface area contributed by atoms with Crippen LogP contribution >= 0.6 is 11.6 Å². The van der Waals surface area contributed by atoms with Crippen molar-refractivity contribution in [2.75, 3.05) is 14.2 Å². The van der Waals surface area contributed by atoms with Crippen molar-refractivity contribution in [2.24, 2.45) is 0 Å². The summed E-state index contributed by atoms with van der Waals surface area (Å²) in [5, 5.41) is 8.35. The molecule has 0 aromatic carbocycles. The molecule has 4 nitrogen and oxygen atoms in total. The van der Waals surface area contributed by atoms with E-state index in [0.717, 1.165) is 12.1 Å². The SMILES string of the molecule is CCC(C)(OC)C(NC)c1c(Cl)cnn1C(C)C. The molecule has 104 valence electrons. The van der Waals surface area contributed by atoms with Crippen molar-refractivity contribution in [2.45, 2.75) is 51.8 Å². The Kier molecular flexibility index (Phi) is 5.20. The van der Waals surface area contributed by atoms with Gasteiger partial charge < -0.3 is 10.1 Å². The van der Waals surface area contributed by atoms with Crippen LogP contribution in [0.25, 0.3) is 0 Å². The van der Waals surface area contributed by atoms with Gasteiger partial charge >= 0.3 is 0 Å². The Morgan fingerprint density at radius 2 is 2.17 bits per heavy atom. The monoisotopic (exact) mass is 273 g/mol. The van der Waals surface area contributed by atoms with Crippen molar-refractivity contribution in [3.63, 3.8) is 0 Å². The minimum absolute atomic E-state index is 0.00454. The van der Waals surface area contributed by atoms with E-state index in [9.17, 15) is 0 Å². The average Bonchev–Trinajstić information content (AvgIpc) is 2.72. The van der Waals surface area contributed by atoms with Gasteiger partial charge in [0.1, 0.15) is 0 Å². The summed E-state index contributed by atoms with van der Waals surface area (Å²) >= 11 is 6.30. The average molecular weight is 274 g/mol. The van der Waals surface area contributed by atoms with E-state index in [1.54, 1.807) is 13.3 Å². The van der Waals surface area contributed by atoms with Crippen LogP contribution < -0.4 is 5.32 Å². The second kappa shape index (κ2) is 6.04. The number of hydrogen-bond donors (Lipinski definition) is 1. The molecular formula is C13H24ClN3O. The maximum Gasteiger partial charge on any atom is 0.0857 e. The predicted octanol–water partition coefficient (Wildman–Crippen LogP) is 3.19. The first-order chi connectivity index (χ1) is 8.41. The molecule has 0 radical (unpaired) electrons. The van der Waals surface area contributed by atoms with E-state index in [1.807, 2.05) is 11.7 Å². The van der Waals surface area contributed by atoms with E-state index in [1.165, 1.54) is 0 Å². The Morgan fingerprint density at radius 1 is 1.56 bits per heavy atom. The molecule has 1 rings (SSSR count). The fourth-order valence-electron chi connectivity index (χ4n) is 2.23. The number of methoxy groups -OCH3 is 1. The molecular weight excluding hydrogens is 250 g/mol. The maximum absolute atomic E-state index is 6.30. The van der Waals surface area contributed by atoms with Crippen molar-refractivity contribution in [3.8, 4) is 0 Å². The quantitative estimate of drug-likeness (QED) is 0.865. The van der Waals surface area contributed by atoms with Gasteiger partial charge in [-0.2, -0.15) is 5.10 Å². The third kappa shape index (κ3) is 2.71. The molecule has 1 N–H and O–H groups in total. The number of nitrogens with zero attached hydrogens (tertiary/aromatic N) is 2. The van der Waals surface area contributed by atoms with Crippen LogP contribution in [0, 0.1) is 0 Å².